The van der Waals surface area contributed by atoms with E-state index in [1.807, 2.05) is 0 Å². The molecule has 1 aromatic carbocycles. The van der Waals surface area contributed by atoms with Crippen LogP contribution in [0.3, 0.4) is 0 Å². The molecule has 7 heteroatoms. The van der Waals surface area contributed by atoms with E-state index >= 15 is 0 Å². The van der Waals surface area contributed by atoms with Gasteiger partial charge in [0.2, 0.25) is 5.91 Å². The Balaban J connectivity index is 3.16. The number of rotatable bonds is 4. The Kier molecular flexibility index (Phi) is 4.41. The predicted octanol–water partition coefficient (Wildman–Crippen LogP) is 1.14. The molecule has 4 N–H and O–H groups in total. The summed E-state index contributed by atoms with van der Waals surface area (Å²) in [4.78, 5) is 12.3. The van der Waals surface area contributed by atoms with Gasteiger partial charge in [0.05, 0.1) is 16.7 Å². The number of carbonyl (C=O) groups excluding carboxylic acids is 1. The molecule has 0 saturated carbocycles. The summed E-state index contributed by atoms with van der Waals surface area (Å²) < 4.78 is 14.1. The Morgan fingerprint density at radius 3 is 2.59 bits per heavy atom. The molecule has 1 rings (SSSR count). The van der Waals surface area contributed by atoms with Crippen LogP contribution in [0.2, 0.25) is 0 Å². The molecule has 0 unspecified atom stereocenters. The van der Waals surface area contributed by atoms with Gasteiger partial charge in [-0.3, -0.25) is 4.79 Å². The number of hydrogen-bond acceptors (Lipinski definition) is 3. The first-order valence-corrected chi connectivity index (χ1v) is 5.82. The van der Waals surface area contributed by atoms with E-state index in [4.69, 9.17) is 23.7 Å². The van der Waals surface area contributed by atoms with Crippen LogP contribution in [-0.4, -0.2) is 24.5 Å². The quantitative estimate of drug-likeness (QED) is 0.816. The number of benzene rings is 1. The zero-order valence-corrected chi connectivity index (χ0v) is 11.4. The van der Waals surface area contributed by atoms with Gasteiger partial charge in [-0.25, -0.2) is 4.39 Å². The first-order chi connectivity index (χ1) is 7.84. The number of nitrogens with two attached hydrogens (primary N) is 2. The van der Waals surface area contributed by atoms with E-state index in [1.54, 1.807) is 13.1 Å². The summed E-state index contributed by atoms with van der Waals surface area (Å²) in [6, 6.07) is 3.08. The van der Waals surface area contributed by atoms with Crippen molar-refractivity contribution in [1.82, 2.24) is 0 Å². The lowest BCUT2D eigenvalue weighted by atomic mass is 10.2. The number of anilines is 1. The highest BCUT2D eigenvalue weighted by Gasteiger charge is 2.16. The van der Waals surface area contributed by atoms with Gasteiger partial charge in [-0.1, -0.05) is 12.2 Å². The van der Waals surface area contributed by atoms with Crippen LogP contribution in [-0.2, 0) is 4.79 Å². The summed E-state index contributed by atoms with van der Waals surface area (Å²) in [6.07, 6.45) is 0. The summed E-state index contributed by atoms with van der Waals surface area (Å²) in [5.41, 5.74) is 11.1. The average Bonchev–Trinajstić information content (AvgIpc) is 2.20. The molecule has 0 aliphatic rings. The minimum atomic E-state index is -0.540. The van der Waals surface area contributed by atoms with Crippen LogP contribution in [0.15, 0.2) is 16.6 Å². The number of hydrogen-bond donors (Lipinski definition) is 2. The van der Waals surface area contributed by atoms with E-state index in [0.29, 0.717) is 5.56 Å². The van der Waals surface area contributed by atoms with Gasteiger partial charge < -0.3 is 16.4 Å². The Labute approximate surface area is 112 Å². The minimum Gasteiger partial charge on any atom is -0.389 e. The Morgan fingerprint density at radius 1 is 1.53 bits per heavy atom. The summed E-state index contributed by atoms with van der Waals surface area (Å²) in [5, 5.41) is 0. The van der Waals surface area contributed by atoms with Gasteiger partial charge in [0.25, 0.3) is 0 Å². The molecule has 0 aliphatic carbocycles. The third kappa shape index (κ3) is 3.13. The maximum Gasteiger partial charge on any atom is 0.236 e. The Hall–Kier alpha value is -1.21. The number of primary amides is 1. The van der Waals surface area contributed by atoms with Crippen molar-refractivity contribution in [2.24, 2.45) is 11.5 Å². The molecule has 17 heavy (non-hydrogen) atoms. The molecule has 1 amide bonds. The van der Waals surface area contributed by atoms with E-state index in [0.717, 1.165) is 0 Å². The lowest BCUT2D eigenvalue weighted by Gasteiger charge is -2.19. The number of thiocarbonyl (C=S) groups is 1. The molecule has 92 valence electrons. The monoisotopic (exact) mass is 319 g/mol. The molecule has 1 aromatic rings. The van der Waals surface area contributed by atoms with Crippen LogP contribution in [0, 0.1) is 5.82 Å². The number of halogens is 2. The first-order valence-electron chi connectivity index (χ1n) is 4.61. The van der Waals surface area contributed by atoms with Crippen molar-refractivity contribution in [3.63, 3.8) is 0 Å². The van der Waals surface area contributed by atoms with E-state index < -0.39 is 11.7 Å². The van der Waals surface area contributed by atoms with Crippen LogP contribution in [0.4, 0.5) is 10.1 Å². The number of likely N-dealkylation sites (N-methyl/N-ethyl adjacent to an activating group) is 1. The van der Waals surface area contributed by atoms with Crippen molar-refractivity contribution in [2.45, 2.75) is 0 Å². The smallest absolute Gasteiger partial charge is 0.236 e. The summed E-state index contributed by atoms with van der Waals surface area (Å²) in [6.45, 7) is -0.0736. The van der Waals surface area contributed by atoms with Crippen LogP contribution >= 0.6 is 28.1 Å². The van der Waals surface area contributed by atoms with E-state index in [1.165, 1.54) is 11.0 Å². The van der Waals surface area contributed by atoms with E-state index in [-0.39, 0.29) is 21.7 Å². The van der Waals surface area contributed by atoms with Crippen molar-refractivity contribution in [3.05, 3.63) is 28.0 Å². The van der Waals surface area contributed by atoms with Crippen LogP contribution in [0.25, 0.3) is 0 Å². The predicted molar refractivity (Wildman–Crippen MR) is 72.5 cm³/mol. The fourth-order valence-corrected chi connectivity index (χ4v) is 2.19. The molecular formula is C10H11BrFN3OS. The Bertz CT molecular complexity index is 481. The van der Waals surface area contributed by atoms with Crippen molar-refractivity contribution in [3.8, 4) is 0 Å². The molecule has 0 radical (unpaired) electrons. The second kappa shape index (κ2) is 5.42. The van der Waals surface area contributed by atoms with Gasteiger partial charge in [-0.2, -0.15) is 0 Å². The standard InChI is InChI=1S/C10H11BrFN3OS/c1-15(4-7(13)16)6-3-2-5(10(14)17)8(11)9(6)12/h2-3H,4H2,1H3,(H2,13,16)(H2,14,17). The van der Waals surface area contributed by atoms with Gasteiger partial charge in [-0.15, -0.1) is 0 Å². The SMILES string of the molecule is CN(CC(N)=O)c1ccc(C(N)=S)c(Br)c1F. The number of nitrogens with zero attached hydrogens (tertiary/aromatic N) is 1. The summed E-state index contributed by atoms with van der Waals surface area (Å²) in [5.74, 6) is -1.07. The highest BCUT2D eigenvalue weighted by molar-refractivity contribution is 9.10. The second-order valence-electron chi connectivity index (χ2n) is 3.45. The Morgan fingerprint density at radius 2 is 2.12 bits per heavy atom. The molecule has 0 atom stereocenters. The molecule has 0 aliphatic heterocycles. The second-order valence-corrected chi connectivity index (χ2v) is 4.68. The molecule has 4 nitrogen and oxygen atoms in total. The third-order valence-electron chi connectivity index (χ3n) is 2.13. The van der Waals surface area contributed by atoms with Gasteiger partial charge in [-0.05, 0) is 28.1 Å². The molecule has 0 saturated heterocycles. The van der Waals surface area contributed by atoms with Crippen molar-refractivity contribution >= 4 is 44.7 Å². The number of carbonyl (C=O) groups is 1. The normalized spacial score (nSPS) is 10.1. The van der Waals surface area contributed by atoms with Gasteiger partial charge in [0.1, 0.15) is 4.99 Å². The van der Waals surface area contributed by atoms with Crippen molar-refractivity contribution in [1.29, 1.82) is 0 Å². The van der Waals surface area contributed by atoms with Gasteiger partial charge in [0.15, 0.2) is 5.82 Å². The lowest BCUT2D eigenvalue weighted by molar-refractivity contribution is -0.116. The topological polar surface area (TPSA) is 72.3 Å². The van der Waals surface area contributed by atoms with Crippen LogP contribution in [0.5, 0.6) is 0 Å². The van der Waals surface area contributed by atoms with Crippen molar-refractivity contribution < 1.29 is 9.18 Å². The van der Waals surface area contributed by atoms with Crippen LogP contribution in [0.1, 0.15) is 5.56 Å². The first kappa shape index (κ1) is 13.9. The maximum absolute atomic E-state index is 14.0. The van der Waals surface area contributed by atoms with Gasteiger partial charge in [0, 0.05) is 12.6 Å². The molecule has 0 bridgehead atoms. The summed E-state index contributed by atoms with van der Waals surface area (Å²) in [7, 11) is 1.57. The third-order valence-corrected chi connectivity index (χ3v) is 3.13. The zero-order chi connectivity index (χ0) is 13.2. The van der Waals surface area contributed by atoms with E-state index in [2.05, 4.69) is 15.9 Å². The molecule has 0 aromatic heterocycles. The minimum absolute atomic E-state index is 0.0736. The summed E-state index contributed by atoms with van der Waals surface area (Å²) >= 11 is 7.86. The highest BCUT2D eigenvalue weighted by Crippen LogP contribution is 2.28. The molecule has 0 spiro atoms. The average molecular weight is 320 g/mol. The number of amides is 1. The largest absolute Gasteiger partial charge is 0.389 e. The lowest BCUT2D eigenvalue weighted by Crippen LogP contribution is -2.31. The fourth-order valence-electron chi connectivity index (χ4n) is 1.34. The molecular weight excluding hydrogens is 309 g/mol. The van der Waals surface area contributed by atoms with E-state index in [9.17, 15) is 9.18 Å². The maximum atomic E-state index is 14.0. The molecule has 0 heterocycles. The van der Waals surface area contributed by atoms with Crippen LogP contribution < -0.4 is 16.4 Å². The molecule has 0 fully saturated rings. The highest BCUT2D eigenvalue weighted by atomic mass is 79.9. The van der Waals surface area contributed by atoms with Crippen molar-refractivity contribution in [2.75, 3.05) is 18.5 Å². The van der Waals surface area contributed by atoms with Gasteiger partial charge >= 0.3 is 0 Å². The fraction of sp³-hybridized carbons (Fsp3) is 0.200. The zero-order valence-electron chi connectivity index (χ0n) is 9.04.